The fourth-order valence-corrected chi connectivity index (χ4v) is 2.85. The number of imide groups is 1. The number of nitrogens with zero attached hydrogens (tertiary/aromatic N) is 1. The third kappa shape index (κ3) is 3.10. The monoisotopic (exact) mass is 337 g/mol. The summed E-state index contributed by atoms with van der Waals surface area (Å²) >= 11 is 0. The Labute approximate surface area is 145 Å². The smallest absolute Gasteiger partial charge is 0.324 e. The summed E-state index contributed by atoms with van der Waals surface area (Å²) in [6.45, 7) is 3.18. The lowest BCUT2D eigenvalue weighted by atomic mass is 9.92. The summed E-state index contributed by atoms with van der Waals surface area (Å²) in [5.74, 6) is -0.862. The predicted octanol–water partition coefficient (Wildman–Crippen LogP) is 2.40. The summed E-state index contributed by atoms with van der Waals surface area (Å²) in [5.41, 5.74) is 1.07. The Hall–Kier alpha value is -3.15. The number of aryl methyl sites for hydroxylation is 1. The van der Waals surface area contributed by atoms with E-state index in [0.29, 0.717) is 11.3 Å². The van der Waals surface area contributed by atoms with E-state index >= 15 is 0 Å². The molecule has 0 aromatic heterocycles. The van der Waals surface area contributed by atoms with Crippen molar-refractivity contribution in [2.45, 2.75) is 19.4 Å². The lowest BCUT2D eigenvalue weighted by Gasteiger charge is -2.22. The van der Waals surface area contributed by atoms with E-state index in [-0.39, 0.29) is 6.54 Å². The lowest BCUT2D eigenvalue weighted by Crippen LogP contribution is -2.42. The minimum Gasteiger partial charge on any atom is -0.324 e. The molecule has 0 radical (unpaired) electrons. The largest absolute Gasteiger partial charge is 0.325 e. The highest BCUT2D eigenvalue weighted by atomic mass is 16.2. The van der Waals surface area contributed by atoms with Gasteiger partial charge in [-0.15, -0.1) is 0 Å². The van der Waals surface area contributed by atoms with Gasteiger partial charge in [0, 0.05) is 5.69 Å². The Morgan fingerprint density at radius 3 is 2.40 bits per heavy atom. The van der Waals surface area contributed by atoms with Crippen molar-refractivity contribution in [1.29, 1.82) is 0 Å². The summed E-state index contributed by atoms with van der Waals surface area (Å²) in [4.78, 5) is 38.2. The number of hydrogen-bond donors (Lipinski definition) is 2. The molecule has 0 bridgehead atoms. The molecule has 6 heteroatoms. The van der Waals surface area contributed by atoms with Gasteiger partial charge in [-0.1, -0.05) is 48.5 Å². The van der Waals surface area contributed by atoms with Gasteiger partial charge in [-0.3, -0.25) is 14.5 Å². The van der Waals surface area contributed by atoms with E-state index < -0.39 is 23.4 Å². The summed E-state index contributed by atoms with van der Waals surface area (Å²) in [6.07, 6.45) is 0. The molecule has 128 valence electrons. The van der Waals surface area contributed by atoms with Crippen molar-refractivity contribution in [2.75, 3.05) is 11.9 Å². The van der Waals surface area contributed by atoms with E-state index in [1.807, 2.05) is 31.2 Å². The number of hydrogen-bond acceptors (Lipinski definition) is 3. The molecule has 1 saturated heterocycles. The standard InChI is InChI=1S/C19H19N3O3/c1-13-8-6-7-11-15(13)20-16(23)12-22-17(24)19(2,21-18(22)25)14-9-4-3-5-10-14/h3-11H,12H2,1-2H3,(H,20,23)(H,21,25). The van der Waals surface area contributed by atoms with Crippen LogP contribution in [0.3, 0.4) is 0 Å². The zero-order valence-electron chi connectivity index (χ0n) is 14.1. The summed E-state index contributed by atoms with van der Waals surface area (Å²) in [7, 11) is 0. The predicted molar refractivity (Wildman–Crippen MR) is 93.8 cm³/mol. The quantitative estimate of drug-likeness (QED) is 0.841. The number of urea groups is 1. The first kappa shape index (κ1) is 16.7. The fourth-order valence-electron chi connectivity index (χ4n) is 2.85. The summed E-state index contributed by atoms with van der Waals surface area (Å²) in [6, 6.07) is 15.7. The molecule has 0 saturated carbocycles. The van der Waals surface area contributed by atoms with E-state index in [2.05, 4.69) is 10.6 Å². The van der Waals surface area contributed by atoms with Crippen LogP contribution in [0.15, 0.2) is 54.6 Å². The molecule has 25 heavy (non-hydrogen) atoms. The first-order valence-corrected chi connectivity index (χ1v) is 7.97. The molecule has 0 spiro atoms. The van der Waals surface area contributed by atoms with Crippen LogP contribution in [-0.4, -0.2) is 29.3 Å². The van der Waals surface area contributed by atoms with Crippen LogP contribution < -0.4 is 10.6 Å². The van der Waals surface area contributed by atoms with E-state index in [1.165, 1.54) is 0 Å². The maximum atomic E-state index is 12.8. The van der Waals surface area contributed by atoms with Crippen LogP contribution >= 0.6 is 0 Å². The fraction of sp³-hybridized carbons (Fsp3) is 0.211. The minimum absolute atomic E-state index is 0.332. The van der Waals surface area contributed by atoms with Crippen molar-refractivity contribution in [2.24, 2.45) is 0 Å². The Kier molecular flexibility index (Phi) is 4.27. The number of carbonyl (C=O) groups excluding carboxylic acids is 3. The topological polar surface area (TPSA) is 78.5 Å². The molecule has 6 nitrogen and oxygen atoms in total. The third-order valence-corrected chi connectivity index (χ3v) is 4.35. The van der Waals surface area contributed by atoms with Gasteiger partial charge in [0.15, 0.2) is 0 Å². The molecule has 2 aromatic rings. The first-order chi connectivity index (χ1) is 11.9. The number of amides is 4. The number of anilines is 1. The average Bonchev–Trinajstić information content (AvgIpc) is 2.82. The van der Waals surface area contributed by atoms with E-state index in [1.54, 1.807) is 37.3 Å². The Bertz CT molecular complexity index is 835. The molecule has 1 heterocycles. The highest BCUT2D eigenvalue weighted by molar-refractivity contribution is 6.10. The van der Waals surface area contributed by atoms with Gasteiger partial charge in [0.05, 0.1) is 0 Å². The highest BCUT2D eigenvalue weighted by Gasteiger charge is 2.49. The van der Waals surface area contributed by atoms with Gasteiger partial charge < -0.3 is 10.6 Å². The lowest BCUT2D eigenvalue weighted by molar-refractivity contribution is -0.133. The van der Waals surface area contributed by atoms with Gasteiger partial charge in [0.25, 0.3) is 5.91 Å². The average molecular weight is 337 g/mol. The van der Waals surface area contributed by atoms with Crippen molar-refractivity contribution < 1.29 is 14.4 Å². The van der Waals surface area contributed by atoms with Crippen LogP contribution in [0.2, 0.25) is 0 Å². The van der Waals surface area contributed by atoms with E-state index in [9.17, 15) is 14.4 Å². The SMILES string of the molecule is Cc1ccccc1NC(=O)CN1C(=O)NC(C)(c2ccccc2)C1=O. The van der Waals surface area contributed by atoms with Crippen molar-refractivity contribution in [1.82, 2.24) is 10.2 Å². The number of para-hydroxylation sites is 1. The van der Waals surface area contributed by atoms with Crippen LogP contribution in [0.1, 0.15) is 18.1 Å². The van der Waals surface area contributed by atoms with Gasteiger partial charge in [0.1, 0.15) is 12.1 Å². The molecule has 3 rings (SSSR count). The summed E-state index contributed by atoms with van der Waals surface area (Å²) < 4.78 is 0. The van der Waals surface area contributed by atoms with Crippen molar-refractivity contribution in [3.8, 4) is 0 Å². The van der Waals surface area contributed by atoms with E-state index in [0.717, 1.165) is 10.5 Å². The van der Waals surface area contributed by atoms with Gasteiger partial charge in [-0.2, -0.15) is 0 Å². The molecule has 4 amide bonds. The molecule has 2 N–H and O–H groups in total. The zero-order chi connectivity index (χ0) is 18.0. The van der Waals surface area contributed by atoms with Gasteiger partial charge in [-0.25, -0.2) is 4.79 Å². The molecule has 1 aliphatic rings. The number of rotatable bonds is 4. The normalized spacial score (nSPS) is 19.7. The maximum Gasteiger partial charge on any atom is 0.325 e. The first-order valence-electron chi connectivity index (χ1n) is 7.97. The van der Waals surface area contributed by atoms with Gasteiger partial charge in [-0.05, 0) is 31.0 Å². The van der Waals surface area contributed by atoms with Crippen molar-refractivity contribution in [3.05, 3.63) is 65.7 Å². The molecular formula is C19H19N3O3. The minimum atomic E-state index is -1.17. The molecule has 1 aliphatic heterocycles. The van der Waals surface area contributed by atoms with Crippen LogP contribution in [-0.2, 0) is 15.1 Å². The molecule has 1 atom stereocenters. The molecule has 0 aliphatic carbocycles. The van der Waals surface area contributed by atoms with Crippen LogP contribution in [0, 0.1) is 6.92 Å². The highest BCUT2D eigenvalue weighted by Crippen LogP contribution is 2.28. The zero-order valence-corrected chi connectivity index (χ0v) is 14.1. The Balaban J connectivity index is 1.75. The molecule has 2 aromatic carbocycles. The van der Waals surface area contributed by atoms with Crippen LogP contribution in [0.5, 0.6) is 0 Å². The second-order valence-electron chi connectivity index (χ2n) is 6.18. The molecular weight excluding hydrogens is 318 g/mol. The van der Waals surface area contributed by atoms with Crippen molar-refractivity contribution in [3.63, 3.8) is 0 Å². The molecule has 1 fully saturated rings. The number of benzene rings is 2. The summed E-state index contributed by atoms with van der Waals surface area (Å²) in [5, 5.41) is 5.42. The van der Waals surface area contributed by atoms with Gasteiger partial charge >= 0.3 is 6.03 Å². The maximum absolute atomic E-state index is 12.8. The van der Waals surface area contributed by atoms with Gasteiger partial charge in [0.2, 0.25) is 5.91 Å². The Morgan fingerprint density at radius 1 is 1.08 bits per heavy atom. The van der Waals surface area contributed by atoms with Crippen LogP contribution in [0.25, 0.3) is 0 Å². The number of nitrogens with one attached hydrogen (secondary N) is 2. The second kappa shape index (κ2) is 6.39. The molecule has 1 unspecified atom stereocenters. The second-order valence-corrected chi connectivity index (χ2v) is 6.18. The van der Waals surface area contributed by atoms with Crippen molar-refractivity contribution >= 4 is 23.5 Å². The van der Waals surface area contributed by atoms with E-state index in [4.69, 9.17) is 0 Å². The van der Waals surface area contributed by atoms with Crippen LogP contribution in [0.4, 0.5) is 10.5 Å². The third-order valence-electron chi connectivity index (χ3n) is 4.35. The number of carbonyl (C=O) groups is 3. The Morgan fingerprint density at radius 2 is 1.72 bits per heavy atom.